The smallest absolute Gasteiger partial charge is 0.209 e. The Morgan fingerprint density at radius 2 is 1.64 bits per heavy atom. The summed E-state index contributed by atoms with van der Waals surface area (Å²) in [5.41, 5.74) is 4.50. The standard InChI is InChI=1S/C18H25ClN2OS.C15H19F2NO.C2H6/c1-13-9-18(21(23-2)11-14-3-4-14)16(10-17(13)19)15-5-7-20(12-22)8-6-15;16-12-1-2-14(15(17)9-12)11-3-6-18(10-11)13-4-7-19-8-5-13;1-2/h9-10,12,14-15H,3-8,11H2,1-2H3;1-2,9,11,13H,3-8,10H2;1-2H3. The molecule has 0 spiro atoms. The van der Waals surface area contributed by atoms with Gasteiger partial charge in [0.1, 0.15) is 11.6 Å². The van der Waals surface area contributed by atoms with Crippen LogP contribution in [0.1, 0.15) is 87.3 Å². The minimum Gasteiger partial charge on any atom is -0.381 e. The zero-order valence-electron chi connectivity index (χ0n) is 26.9. The highest BCUT2D eigenvalue weighted by atomic mass is 35.5. The first-order valence-corrected chi connectivity index (χ1v) is 18.0. The van der Waals surface area contributed by atoms with Gasteiger partial charge in [-0.25, -0.2) is 8.78 Å². The lowest BCUT2D eigenvalue weighted by Crippen LogP contribution is -2.37. The van der Waals surface area contributed by atoms with Crippen LogP contribution in [0.4, 0.5) is 14.5 Å². The van der Waals surface area contributed by atoms with E-state index in [-0.39, 0.29) is 5.92 Å². The lowest BCUT2D eigenvalue weighted by atomic mass is 9.87. The number of likely N-dealkylation sites (tertiary alicyclic amines) is 2. The van der Waals surface area contributed by atoms with E-state index in [1.165, 1.54) is 30.2 Å². The molecule has 1 amide bonds. The van der Waals surface area contributed by atoms with Crippen LogP contribution in [0.5, 0.6) is 0 Å². The second-order valence-electron chi connectivity index (χ2n) is 12.3. The lowest BCUT2D eigenvalue weighted by molar-refractivity contribution is -0.119. The normalized spacial score (nSPS) is 21.2. The molecule has 4 aliphatic rings. The Hall–Kier alpha value is -1.87. The minimum absolute atomic E-state index is 0.198. The van der Waals surface area contributed by atoms with E-state index in [9.17, 15) is 13.6 Å². The first-order valence-electron chi connectivity index (χ1n) is 16.4. The molecule has 1 aliphatic carbocycles. The summed E-state index contributed by atoms with van der Waals surface area (Å²) in [6.07, 6.45) is 11.0. The Labute approximate surface area is 272 Å². The first-order chi connectivity index (χ1) is 21.4. The van der Waals surface area contributed by atoms with Gasteiger partial charge >= 0.3 is 0 Å². The maximum atomic E-state index is 13.8. The van der Waals surface area contributed by atoms with Crippen molar-refractivity contribution in [3.63, 3.8) is 0 Å². The third-order valence-corrected chi connectivity index (χ3v) is 10.6. The summed E-state index contributed by atoms with van der Waals surface area (Å²) in [6, 6.07) is 8.94. The van der Waals surface area contributed by atoms with Crippen LogP contribution in [0, 0.1) is 24.5 Å². The monoisotopic (exact) mass is 649 g/mol. The molecule has 2 aromatic rings. The molecule has 0 bridgehead atoms. The van der Waals surface area contributed by atoms with E-state index in [1.807, 2.05) is 30.7 Å². The summed E-state index contributed by atoms with van der Waals surface area (Å²) >= 11 is 8.25. The molecular weight excluding hydrogens is 600 g/mol. The van der Waals surface area contributed by atoms with Gasteiger partial charge in [0.05, 0.1) is 5.69 Å². The summed E-state index contributed by atoms with van der Waals surface area (Å²) in [5.74, 6) is 0.638. The SMILES string of the molecule is CC.CSN(CC1CC1)c1cc(C)c(Cl)cc1C1CCN(C=O)CC1.Fc1ccc(C2CCN(C3CCOCC3)C2)c(F)c1. The quantitative estimate of drug-likeness (QED) is 0.212. The van der Waals surface area contributed by atoms with Crippen LogP contribution in [0.15, 0.2) is 30.3 Å². The van der Waals surface area contributed by atoms with E-state index in [1.54, 1.807) is 6.07 Å². The van der Waals surface area contributed by atoms with Crippen molar-refractivity contribution in [2.75, 3.05) is 56.5 Å². The fourth-order valence-electron chi connectivity index (χ4n) is 6.60. The van der Waals surface area contributed by atoms with Gasteiger partial charge in [0.25, 0.3) is 0 Å². The molecule has 0 aromatic heterocycles. The van der Waals surface area contributed by atoms with E-state index < -0.39 is 11.6 Å². The largest absolute Gasteiger partial charge is 0.381 e. The molecule has 3 heterocycles. The summed E-state index contributed by atoms with van der Waals surface area (Å²) in [7, 11) is 0. The van der Waals surface area contributed by atoms with Crippen molar-refractivity contribution in [1.82, 2.24) is 9.80 Å². The molecule has 0 radical (unpaired) electrons. The van der Waals surface area contributed by atoms with Gasteiger partial charge in [-0.1, -0.05) is 43.5 Å². The molecule has 5 nitrogen and oxygen atoms in total. The van der Waals surface area contributed by atoms with E-state index in [0.29, 0.717) is 17.5 Å². The number of nitrogens with zero attached hydrogens (tertiary/aromatic N) is 3. The molecule has 1 unspecified atom stereocenters. The third-order valence-electron chi connectivity index (χ3n) is 9.37. The van der Waals surface area contributed by atoms with E-state index in [2.05, 4.69) is 34.5 Å². The highest BCUT2D eigenvalue weighted by Gasteiger charge is 2.32. The predicted octanol–water partition coefficient (Wildman–Crippen LogP) is 8.44. The number of anilines is 1. The molecule has 44 heavy (non-hydrogen) atoms. The number of piperidine rings is 1. The number of halogens is 3. The number of ether oxygens (including phenoxy) is 1. The van der Waals surface area contributed by atoms with E-state index in [4.69, 9.17) is 16.3 Å². The number of rotatable bonds is 8. The summed E-state index contributed by atoms with van der Waals surface area (Å²) in [4.78, 5) is 15.3. The zero-order valence-corrected chi connectivity index (χ0v) is 28.4. The van der Waals surface area contributed by atoms with E-state index in [0.717, 1.165) is 107 Å². The summed E-state index contributed by atoms with van der Waals surface area (Å²) in [5, 5.41) is 0.856. The molecule has 2 aromatic carbocycles. The zero-order chi connectivity index (χ0) is 31.6. The number of benzene rings is 2. The Kier molecular flexibility index (Phi) is 13.6. The van der Waals surface area contributed by atoms with Gasteiger partial charge in [-0.15, -0.1) is 0 Å². The Balaban J connectivity index is 0.000000193. The van der Waals surface area contributed by atoms with Gasteiger partial charge in [0.15, 0.2) is 0 Å². The van der Waals surface area contributed by atoms with Crippen molar-refractivity contribution < 1.29 is 18.3 Å². The topological polar surface area (TPSA) is 36.0 Å². The maximum absolute atomic E-state index is 13.8. The molecule has 3 saturated heterocycles. The number of hydrogen-bond acceptors (Lipinski definition) is 5. The van der Waals surface area contributed by atoms with Crippen molar-refractivity contribution in [3.8, 4) is 0 Å². The Morgan fingerprint density at radius 1 is 0.955 bits per heavy atom. The van der Waals surface area contributed by atoms with Crippen LogP contribution in [-0.4, -0.2) is 74.4 Å². The fraction of sp³-hybridized carbons (Fsp3) is 0.629. The van der Waals surface area contributed by atoms with Crippen LogP contribution < -0.4 is 4.31 Å². The third kappa shape index (κ3) is 9.34. The van der Waals surface area contributed by atoms with Gasteiger partial charge in [-0.3, -0.25) is 9.69 Å². The molecule has 6 rings (SSSR count). The molecule has 0 N–H and O–H groups in total. The Morgan fingerprint density at radius 3 is 2.25 bits per heavy atom. The molecule has 1 atom stereocenters. The second-order valence-corrected chi connectivity index (χ2v) is 13.5. The summed E-state index contributed by atoms with van der Waals surface area (Å²) in [6.45, 7) is 12.5. The molecule has 244 valence electrons. The van der Waals surface area contributed by atoms with Crippen molar-refractivity contribution >= 4 is 35.6 Å². The lowest BCUT2D eigenvalue weighted by Gasteiger charge is -2.33. The van der Waals surface area contributed by atoms with Gasteiger partial charge in [-0.2, -0.15) is 0 Å². The molecule has 4 fully saturated rings. The molecule has 3 aliphatic heterocycles. The van der Waals surface area contributed by atoms with Gasteiger partial charge in [-0.05, 0) is 105 Å². The highest BCUT2D eigenvalue weighted by molar-refractivity contribution is 7.99. The first kappa shape index (κ1) is 35.0. The second kappa shape index (κ2) is 17.2. The fourth-order valence-corrected chi connectivity index (χ4v) is 7.49. The van der Waals surface area contributed by atoms with Crippen molar-refractivity contribution in [1.29, 1.82) is 0 Å². The average molecular weight is 650 g/mol. The number of hydrogen-bond donors (Lipinski definition) is 0. The van der Waals surface area contributed by atoms with Crippen LogP contribution in [0.25, 0.3) is 0 Å². The maximum Gasteiger partial charge on any atom is 0.209 e. The van der Waals surface area contributed by atoms with Crippen LogP contribution >= 0.6 is 23.5 Å². The van der Waals surface area contributed by atoms with Crippen LogP contribution in [0.3, 0.4) is 0 Å². The number of carbonyl (C=O) groups excluding carboxylic acids is 1. The van der Waals surface area contributed by atoms with Crippen molar-refractivity contribution in [3.05, 3.63) is 63.7 Å². The predicted molar refractivity (Wildman–Crippen MR) is 180 cm³/mol. The van der Waals surface area contributed by atoms with Crippen molar-refractivity contribution in [2.24, 2.45) is 5.92 Å². The van der Waals surface area contributed by atoms with Gasteiger partial charge in [0, 0.05) is 68.7 Å². The number of amides is 1. The van der Waals surface area contributed by atoms with Gasteiger partial charge < -0.3 is 13.9 Å². The Bertz CT molecular complexity index is 1200. The average Bonchev–Trinajstić information content (AvgIpc) is 3.75. The highest BCUT2D eigenvalue weighted by Crippen LogP contribution is 2.41. The van der Waals surface area contributed by atoms with Gasteiger partial charge in [0.2, 0.25) is 6.41 Å². The van der Waals surface area contributed by atoms with E-state index >= 15 is 0 Å². The van der Waals surface area contributed by atoms with Crippen LogP contribution in [0.2, 0.25) is 5.02 Å². The minimum atomic E-state index is -0.500. The molecule has 9 heteroatoms. The summed E-state index contributed by atoms with van der Waals surface area (Å²) < 4.78 is 34.6. The van der Waals surface area contributed by atoms with Crippen LogP contribution in [-0.2, 0) is 9.53 Å². The number of aryl methyl sites for hydroxylation is 1. The van der Waals surface area contributed by atoms with Crippen molar-refractivity contribution in [2.45, 2.75) is 83.6 Å². The number of carbonyl (C=O) groups is 1. The molecular formula is C35H50ClF2N3O2S. The molecule has 1 saturated carbocycles.